The fourth-order valence-corrected chi connectivity index (χ4v) is 2.56. The quantitative estimate of drug-likeness (QED) is 0.846. The summed E-state index contributed by atoms with van der Waals surface area (Å²) in [4.78, 5) is 18.4. The summed E-state index contributed by atoms with van der Waals surface area (Å²) in [5.41, 5.74) is 0. The zero-order valence-corrected chi connectivity index (χ0v) is 13.2. The largest absolute Gasteiger partial charge is 0.374 e. The highest BCUT2D eigenvalue weighted by molar-refractivity contribution is 5.93. The minimum atomic E-state index is -0.283. The number of aromatic nitrogens is 4. The third kappa shape index (κ3) is 3.93. The van der Waals surface area contributed by atoms with Gasteiger partial charge in [-0.15, -0.1) is 0 Å². The van der Waals surface area contributed by atoms with Crippen molar-refractivity contribution in [2.24, 2.45) is 0 Å². The average Bonchev–Trinajstić information content (AvgIpc) is 3.18. The predicted molar refractivity (Wildman–Crippen MR) is 80.7 cm³/mol. The molecule has 0 aromatic carbocycles. The summed E-state index contributed by atoms with van der Waals surface area (Å²) in [5, 5.41) is 10.6. The molecule has 0 aliphatic carbocycles. The van der Waals surface area contributed by atoms with Crippen LogP contribution in [0.1, 0.15) is 12.7 Å². The first-order chi connectivity index (χ1) is 11.1. The first-order valence-electron chi connectivity index (χ1n) is 7.54. The van der Waals surface area contributed by atoms with Crippen molar-refractivity contribution in [2.45, 2.75) is 32.5 Å². The number of carbonyl (C=O) groups excluding carboxylic acids is 1. The number of rotatable bonds is 5. The Balaban J connectivity index is 1.55. The van der Waals surface area contributed by atoms with Crippen LogP contribution in [0.2, 0.25) is 0 Å². The molecule has 9 nitrogen and oxygen atoms in total. The van der Waals surface area contributed by atoms with Gasteiger partial charge in [0.15, 0.2) is 5.82 Å². The summed E-state index contributed by atoms with van der Waals surface area (Å²) in [6.07, 6.45) is 3.14. The van der Waals surface area contributed by atoms with Crippen molar-refractivity contribution < 1.29 is 14.1 Å². The summed E-state index contributed by atoms with van der Waals surface area (Å²) in [6, 6.07) is 1.41. The monoisotopic (exact) mass is 320 g/mol. The third-order valence-electron chi connectivity index (χ3n) is 3.83. The molecule has 2 aromatic rings. The van der Waals surface area contributed by atoms with Crippen molar-refractivity contribution in [3.05, 3.63) is 24.5 Å². The van der Waals surface area contributed by atoms with E-state index in [4.69, 9.17) is 9.26 Å². The van der Waals surface area contributed by atoms with E-state index < -0.39 is 0 Å². The number of aryl methyl sites for hydroxylation is 1. The molecule has 0 spiro atoms. The lowest BCUT2D eigenvalue weighted by atomic mass is 10.2. The van der Waals surface area contributed by atoms with Crippen molar-refractivity contribution in [2.75, 3.05) is 25.0 Å². The molecule has 1 N–H and O–H groups in total. The van der Waals surface area contributed by atoms with E-state index in [2.05, 4.69) is 25.5 Å². The van der Waals surface area contributed by atoms with E-state index in [0.29, 0.717) is 37.8 Å². The maximum atomic E-state index is 12.3. The molecule has 124 valence electrons. The van der Waals surface area contributed by atoms with Gasteiger partial charge in [0.1, 0.15) is 18.4 Å². The molecule has 9 heteroatoms. The first-order valence-corrected chi connectivity index (χ1v) is 7.54. The highest BCUT2D eigenvalue weighted by Gasteiger charge is 2.28. The van der Waals surface area contributed by atoms with Crippen LogP contribution in [-0.2, 0) is 16.1 Å². The van der Waals surface area contributed by atoms with E-state index in [0.717, 1.165) is 0 Å². The topological polar surface area (TPSA) is 98.3 Å². The molecule has 1 saturated heterocycles. The SMILES string of the molecule is Cc1cc(NC(=O)[C@H](C)N2CCO[C@@H](Cn3cncn3)C2)no1. The Labute approximate surface area is 133 Å². The second-order valence-corrected chi connectivity index (χ2v) is 5.59. The van der Waals surface area contributed by atoms with Crippen LogP contribution >= 0.6 is 0 Å². The summed E-state index contributed by atoms with van der Waals surface area (Å²) in [5.74, 6) is 0.985. The molecule has 1 fully saturated rings. The smallest absolute Gasteiger partial charge is 0.242 e. The number of nitrogens with zero attached hydrogens (tertiary/aromatic N) is 5. The Hall–Kier alpha value is -2.26. The van der Waals surface area contributed by atoms with E-state index in [1.807, 2.05) is 6.92 Å². The second kappa shape index (κ2) is 6.88. The zero-order valence-electron chi connectivity index (χ0n) is 13.2. The molecule has 3 heterocycles. The first kappa shape index (κ1) is 15.6. The molecule has 0 bridgehead atoms. The van der Waals surface area contributed by atoms with Crippen LogP contribution in [0.5, 0.6) is 0 Å². The van der Waals surface area contributed by atoms with Crippen molar-refractivity contribution in [3.8, 4) is 0 Å². The van der Waals surface area contributed by atoms with Gasteiger partial charge in [-0.2, -0.15) is 5.10 Å². The van der Waals surface area contributed by atoms with E-state index in [9.17, 15) is 4.79 Å². The van der Waals surface area contributed by atoms with Gasteiger partial charge in [0.25, 0.3) is 0 Å². The molecule has 23 heavy (non-hydrogen) atoms. The maximum absolute atomic E-state index is 12.3. The van der Waals surface area contributed by atoms with Gasteiger partial charge < -0.3 is 14.6 Å². The van der Waals surface area contributed by atoms with Crippen LogP contribution in [0.15, 0.2) is 23.2 Å². The molecule has 2 atom stereocenters. The summed E-state index contributed by atoms with van der Waals surface area (Å²) in [7, 11) is 0. The van der Waals surface area contributed by atoms with E-state index in [-0.39, 0.29) is 18.1 Å². The molecular weight excluding hydrogens is 300 g/mol. The molecule has 3 rings (SSSR count). The standard InChI is InChI=1S/C14H20N6O3/c1-10-5-13(18-23-10)17-14(21)11(2)19-3-4-22-12(6-19)7-20-9-15-8-16-20/h5,8-9,11-12H,3-4,6-7H2,1-2H3,(H,17,18,21)/t11-,12+/m0/s1. The van der Waals surface area contributed by atoms with E-state index in [1.165, 1.54) is 6.33 Å². The van der Waals surface area contributed by atoms with Crippen LogP contribution in [0.4, 0.5) is 5.82 Å². The van der Waals surface area contributed by atoms with Crippen molar-refractivity contribution >= 4 is 11.7 Å². The Morgan fingerprint density at radius 2 is 2.43 bits per heavy atom. The van der Waals surface area contributed by atoms with Gasteiger partial charge in [-0.1, -0.05) is 5.16 Å². The molecule has 1 aliphatic rings. The lowest BCUT2D eigenvalue weighted by Crippen LogP contribution is -2.51. The Morgan fingerprint density at radius 1 is 1.57 bits per heavy atom. The number of ether oxygens (including phenoxy) is 1. The zero-order chi connectivity index (χ0) is 16.2. The fourth-order valence-electron chi connectivity index (χ4n) is 2.56. The van der Waals surface area contributed by atoms with Gasteiger partial charge in [-0.25, -0.2) is 4.98 Å². The number of nitrogens with one attached hydrogen (secondary N) is 1. The Kier molecular flexibility index (Phi) is 4.68. The van der Waals surface area contributed by atoms with Crippen LogP contribution in [0, 0.1) is 6.92 Å². The van der Waals surface area contributed by atoms with Crippen molar-refractivity contribution in [1.82, 2.24) is 24.8 Å². The van der Waals surface area contributed by atoms with E-state index >= 15 is 0 Å². The van der Waals surface area contributed by atoms with Crippen LogP contribution in [-0.4, -0.2) is 62.6 Å². The molecular formula is C14H20N6O3. The molecule has 1 amide bonds. The highest BCUT2D eigenvalue weighted by atomic mass is 16.5. The normalized spacial score (nSPS) is 20.3. The van der Waals surface area contributed by atoms with Gasteiger partial charge in [0.2, 0.25) is 5.91 Å². The number of amides is 1. The molecule has 1 aliphatic heterocycles. The molecule has 2 aromatic heterocycles. The number of anilines is 1. The van der Waals surface area contributed by atoms with Gasteiger partial charge in [0.05, 0.1) is 25.3 Å². The molecule has 0 saturated carbocycles. The second-order valence-electron chi connectivity index (χ2n) is 5.59. The number of carbonyl (C=O) groups is 1. The summed E-state index contributed by atoms with van der Waals surface area (Å²) >= 11 is 0. The number of hydrogen-bond acceptors (Lipinski definition) is 7. The number of morpholine rings is 1. The minimum absolute atomic E-state index is 0.0185. The van der Waals surface area contributed by atoms with Crippen molar-refractivity contribution in [1.29, 1.82) is 0 Å². The van der Waals surface area contributed by atoms with Gasteiger partial charge >= 0.3 is 0 Å². The number of hydrogen-bond donors (Lipinski definition) is 1. The summed E-state index contributed by atoms with van der Waals surface area (Å²) in [6.45, 7) is 6.23. The van der Waals surface area contributed by atoms with Crippen LogP contribution in [0.25, 0.3) is 0 Å². The minimum Gasteiger partial charge on any atom is -0.374 e. The summed E-state index contributed by atoms with van der Waals surface area (Å²) < 4.78 is 12.4. The van der Waals surface area contributed by atoms with Crippen molar-refractivity contribution in [3.63, 3.8) is 0 Å². The lowest BCUT2D eigenvalue weighted by molar-refractivity contribution is -0.124. The predicted octanol–water partition coefficient (Wildman–Crippen LogP) is 0.303. The molecule has 0 unspecified atom stereocenters. The Morgan fingerprint density at radius 3 is 3.13 bits per heavy atom. The molecule has 0 radical (unpaired) electrons. The Bertz CT molecular complexity index is 641. The van der Waals surface area contributed by atoms with Gasteiger partial charge in [-0.05, 0) is 13.8 Å². The van der Waals surface area contributed by atoms with E-state index in [1.54, 1.807) is 24.0 Å². The van der Waals surface area contributed by atoms with Gasteiger partial charge in [-0.3, -0.25) is 14.4 Å². The van der Waals surface area contributed by atoms with Crippen LogP contribution in [0.3, 0.4) is 0 Å². The highest BCUT2D eigenvalue weighted by Crippen LogP contribution is 2.13. The van der Waals surface area contributed by atoms with Crippen LogP contribution < -0.4 is 5.32 Å². The lowest BCUT2D eigenvalue weighted by Gasteiger charge is -2.35. The fraction of sp³-hybridized carbons (Fsp3) is 0.571. The average molecular weight is 320 g/mol. The van der Waals surface area contributed by atoms with Gasteiger partial charge in [0, 0.05) is 19.2 Å². The maximum Gasteiger partial charge on any atom is 0.242 e. The third-order valence-corrected chi connectivity index (χ3v) is 3.83.